The molecule has 2 atom stereocenters. The van der Waals surface area contributed by atoms with Crippen LogP contribution in [0.15, 0.2) is 40.8 Å². The van der Waals surface area contributed by atoms with Gasteiger partial charge in [0.2, 0.25) is 0 Å². The Morgan fingerprint density at radius 1 is 1.00 bits per heavy atom. The van der Waals surface area contributed by atoms with Crippen molar-refractivity contribution in [1.29, 1.82) is 0 Å². The normalized spacial score (nSPS) is 24.4. The van der Waals surface area contributed by atoms with Crippen LogP contribution in [0.25, 0.3) is 11.0 Å². The van der Waals surface area contributed by atoms with Crippen LogP contribution in [0.4, 0.5) is 14.0 Å². The van der Waals surface area contributed by atoms with Crippen LogP contribution >= 0.6 is 0 Å². The third kappa shape index (κ3) is 3.17. The average molecular weight is 521 g/mol. The molecule has 2 saturated heterocycles. The zero-order valence-electron chi connectivity index (χ0n) is 20.1. The van der Waals surface area contributed by atoms with Gasteiger partial charge in [0, 0.05) is 11.9 Å². The molecule has 0 saturated carbocycles. The Balaban J connectivity index is 1.39. The van der Waals surface area contributed by atoms with Gasteiger partial charge in [-0.3, -0.25) is 25.0 Å². The predicted molar refractivity (Wildman–Crippen MR) is 126 cm³/mol. The molecule has 0 aliphatic carbocycles. The van der Waals surface area contributed by atoms with E-state index in [1.165, 1.54) is 24.1 Å². The van der Waals surface area contributed by atoms with E-state index in [0.29, 0.717) is 22.1 Å². The van der Waals surface area contributed by atoms with Crippen molar-refractivity contribution in [3.05, 3.63) is 64.7 Å². The first-order chi connectivity index (χ1) is 18.1. The fourth-order valence-electron chi connectivity index (χ4n) is 5.13. The van der Waals surface area contributed by atoms with Crippen molar-refractivity contribution in [3.63, 3.8) is 0 Å². The van der Waals surface area contributed by atoms with Crippen molar-refractivity contribution in [3.8, 4) is 5.75 Å². The summed E-state index contributed by atoms with van der Waals surface area (Å²) in [6.45, 7) is 1.20. The third-order valence-corrected chi connectivity index (χ3v) is 7.20. The summed E-state index contributed by atoms with van der Waals surface area (Å²) in [7, 11) is 1.29. The molecule has 3 aliphatic rings. The van der Waals surface area contributed by atoms with Crippen LogP contribution in [-0.4, -0.2) is 48.3 Å². The van der Waals surface area contributed by atoms with Crippen LogP contribution < -0.4 is 26.0 Å². The molecule has 0 radical (unpaired) electrons. The number of halogens is 1. The number of imide groups is 2. The van der Waals surface area contributed by atoms with Gasteiger partial charge in [0.05, 0.1) is 19.2 Å². The third-order valence-electron chi connectivity index (χ3n) is 7.20. The number of nitrogens with zero attached hydrogens (tertiary/aromatic N) is 1. The number of carbonyl (C=O) groups excluding carboxylic acids is 5. The van der Waals surface area contributed by atoms with Crippen LogP contribution in [0.1, 0.15) is 34.2 Å². The van der Waals surface area contributed by atoms with E-state index in [1.807, 2.05) is 0 Å². The van der Waals surface area contributed by atoms with Gasteiger partial charge in [-0.1, -0.05) is 12.1 Å². The van der Waals surface area contributed by atoms with E-state index in [2.05, 4.69) is 21.3 Å². The number of ether oxygens (including phenoxy) is 1. The number of benzene rings is 2. The lowest BCUT2D eigenvalue weighted by molar-refractivity contribution is -0.125. The van der Waals surface area contributed by atoms with E-state index >= 15 is 0 Å². The number of furan rings is 1. The zero-order chi connectivity index (χ0) is 27.0. The molecule has 13 heteroatoms. The summed E-state index contributed by atoms with van der Waals surface area (Å²) in [4.78, 5) is 63.9. The molecule has 3 aliphatic heterocycles. The fraction of sp³-hybridized carbons (Fsp3) is 0.240. The van der Waals surface area contributed by atoms with E-state index in [-0.39, 0.29) is 30.2 Å². The summed E-state index contributed by atoms with van der Waals surface area (Å²) in [5, 5.41) is 10.0. The molecule has 4 heterocycles. The van der Waals surface area contributed by atoms with Crippen LogP contribution in [-0.2, 0) is 27.2 Å². The van der Waals surface area contributed by atoms with Crippen molar-refractivity contribution >= 4 is 40.8 Å². The number of urea groups is 2. The molecule has 194 valence electrons. The molecular weight excluding hydrogens is 501 g/mol. The molecule has 38 heavy (non-hydrogen) atoms. The molecule has 3 aromatic rings. The lowest BCUT2D eigenvalue weighted by Crippen LogP contribution is -2.52. The van der Waals surface area contributed by atoms with E-state index in [0.717, 1.165) is 0 Å². The minimum Gasteiger partial charge on any atom is -0.494 e. The largest absolute Gasteiger partial charge is 0.494 e. The van der Waals surface area contributed by atoms with Crippen molar-refractivity contribution in [2.45, 2.75) is 24.5 Å². The summed E-state index contributed by atoms with van der Waals surface area (Å²) in [5.74, 6) is -2.81. The monoisotopic (exact) mass is 521 g/mol. The second kappa shape index (κ2) is 7.78. The number of hydrogen-bond acceptors (Lipinski definition) is 7. The lowest BCUT2D eigenvalue weighted by atomic mass is 9.91. The highest BCUT2D eigenvalue weighted by molar-refractivity contribution is 6.09. The minimum atomic E-state index is -1.81. The van der Waals surface area contributed by atoms with Gasteiger partial charge in [0.25, 0.3) is 17.7 Å². The second-order valence-electron chi connectivity index (χ2n) is 9.49. The first kappa shape index (κ1) is 23.5. The van der Waals surface area contributed by atoms with Crippen molar-refractivity contribution < 1.29 is 37.5 Å². The number of carbonyl (C=O) groups is 5. The van der Waals surface area contributed by atoms with Gasteiger partial charge in [0.15, 0.2) is 17.1 Å². The molecule has 4 N–H and O–H groups in total. The Morgan fingerprint density at radius 3 is 2.39 bits per heavy atom. The summed E-state index contributed by atoms with van der Waals surface area (Å²) in [5.41, 5.74) is -2.09. The zero-order valence-corrected chi connectivity index (χ0v) is 20.1. The SMILES string of the molecule is COc1ccc2c(c1F)C(=O)N(C[C@@]1(c3cc4cc(C5(C)NC(=O)NC5=O)ccc4o3)NC(=O)NC1=O)C2. The number of fused-ring (bicyclic) bond motifs is 2. The number of methoxy groups -OCH3 is 1. The summed E-state index contributed by atoms with van der Waals surface area (Å²) >= 11 is 0. The highest BCUT2D eigenvalue weighted by atomic mass is 19.1. The molecule has 12 nitrogen and oxygen atoms in total. The quantitative estimate of drug-likeness (QED) is 0.369. The molecule has 7 amide bonds. The Bertz CT molecular complexity index is 1620. The maximum atomic E-state index is 14.9. The molecular formula is C25H20FN5O7. The van der Waals surface area contributed by atoms with Crippen LogP contribution in [0.5, 0.6) is 5.75 Å². The maximum absolute atomic E-state index is 14.9. The molecule has 1 aromatic heterocycles. The second-order valence-corrected chi connectivity index (χ2v) is 9.49. The Kier molecular flexibility index (Phi) is 4.80. The molecule has 2 fully saturated rings. The van der Waals surface area contributed by atoms with Gasteiger partial charge in [-0.2, -0.15) is 0 Å². The predicted octanol–water partition coefficient (Wildman–Crippen LogP) is 1.33. The van der Waals surface area contributed by atoms with Crippen molar-refractivity contribution in [2.75, 3.05) is 13.7 Å². The average Bonchev–Trinajstić information content (AvgIpc) is 3.58. The van der Waals surface area contributed by atoms with Gasteiger partial charge < -0.3 is 24.7 Å². The fourth-order valence-corrected chi connectivity index (χ4v) is 5.13. The summed E-state index contributed by atoms with van der Waals surface area (Å²) in [6, 6.07) is 7.86. The molecule has 6 rings (SSSR count). The lowest BCUT2D eigenvalue weighted by Gasteiger charge is -2.29. The first-order valence-corrected chi connectivity index (χ1v) is 11.5. The number of nitrogens with one attached hydrogen (secondary N) is 4. The van der Waals surface area contributed by atoms with Crippen molar-refractivity contribution in [1.82, 2.24) is 26.2 Å². The molecule has 2 aromatic carbocycles. The topological polar surface area (TPSA) is 159 Å². The molecule has 0 spiro atoms. The smallest absolute Gasteiger partial charge is 0.322 e. The number of rotatable bonds is 5. The first-order valence-electron chi connectivity index (χ1n) is 11.5. The Labute approximate surface area is 213 Å². The van der Waals surface area contributed by atoms with E-state index in [1.54, 1.807) is 31.2 Å². The summed E-state index contributed by atoms with van der Waals surface area (Å²) < 4.78 is 25.8. The van der Waals surface area contributed by atoms with Crippen LogP contribution in [0, 0.1) is 5.82 Å². The molecule has 1 unspecified atom stereocenters. The van der Waals surface area contributed by atoms with E-state index < -0.39 is 46.7 Å². The van der Waals surface area contributed by atoms with Gasteiger partial charge in [0.1, 0.15) is 16.9 Å². The highest BCUT2D eigenvalue weighted by Crippen LogP contribution is 2.37. The Hall–Kier alpha value is -4.94. The number of amides is 7. The van der Waals surface area contributed by atoms with Gasteiger partial charge in [-0.15, -0.1) is 0 Å². The van der Waals surface area contributed by atoms with Crippen molar-refractivity contribution in [2.24, 2.45) is 0 Å². The van der Waals surface area contributed by atoms with Gasteiger partial charge >= 0.3 is 12.1 Å². The van der Waals surface area contributed by atoms with Gasteiger partial charge in [-0.25, -0.2) is 14.0 Å². The van der Waals surface area contributed by atoms with E-state index in [9.17, 15) is 28.4 Å². The van der Waals surface area contributed by atoms with E-state index in [4.69, 9.17) is 9.15 Å². The standard InChI is InChI=1S/C25H20FN5O7/c1-24(20(33)27-22(35)29-24)13-4-6-14-12(7-13)8-16(38-14)25(21(34)28-23(36)30-25)10-31-9-11-3-5-15(37-2)18(26)17(11)19(31)32/h3-8H,9-10H2,1-2H3,(H2,27,29,33,35)(H2,28,30,34,36)/t24?,25-/m0/s1. The van der Waals surface area contributed by atoms with Crippen LogP contribution in [0.3, 0.4) is 0 Å². The van der Waals surface area contributed by atoms with Crippen LogP contribution in [0.2, 0.25) is 0 Å². The Morgan fingerprint density at radius 2 is 1.74 bits per heavy atom. The maximum Gasteiger partial charge on any atom is 0.322 e. The summed E-state index contributed by atoms with van der Waals surface area (Å²) in [6.07, 6.45) is 0. The number of hydrogen-bond donors (Lipinski definition) is 4. The highest BCUT2D eigenvalue weighted by Gasteiger charge is 2.53. The van der Waals surface area contributed by atoms with Gasteiger partial charge in [-0.05, 0) is 42.3 Å². The minimum absolute atomic E-state index is 0.00246. The molecule has 0 bridgehead atoms.